The van der Waals surface area contributed by atoms with Crippen LogP contribution >= 0.6 is 11.8 Å². The summed E-state index contributed by atoms with van der Waals surface area (Å²) in [5.74, 6) is 0.786. The highest BCUT2D eigenvalue weighted by molar-refractivity contribution is 7.98. The Morgan fingerprint density at radius 3 is 2.45 bits per heavy atom. The molecule has 0 aliphatic carbocycles. The number of nitrogens with one attached hydrogen (secondary N) is 1. The molecule has 1 N–H and O–H groups in total. The number of hydrogen-bond donors (Lipinski definition) is 1. The Hall–Kier alpha value is -2.40. The summed E-state index contributed by atoms with van der Waals surface area (Å²) in [6.45, 7) is 0.723. The molecule has 0 bridgehead atoms. The molecule has 2 heterocycles. The predicted octanol–water partition coefficient (Wildman–Crippen LogP) is 3.87. The van der Waals surface area contributed by atoms with Crippen LogP contribution in [0.15, 0.2) is 66.0 Å². The van der Waals surface area contributed by atoms with E-state index in [4.69, 9.17) is 0 Å². The number of pyridine rings is 1. The minimum absolute atomic E-state index is 0.723. The van der Waals surface area contributed by atoms with Gasteiger partial charge in [0.1, 0.15) is 10.8 Å². The van der Waals surface area contributed by atoms with Crippen LogP contribution in [0.4, 0.5) is 5.82 Å². The van der Waals surface area contributed by atoms with Crippen LogP contribution in [0, 0.1) is 0 Å². The second-order valence-corrected chi connectivity index (χ2v) is 5.58. The maximum atomic E-state index is 4.14. The quantitative estimate of drug-likeness (QED) is 0.725. The van der Waals surface area contributed by atoms with Crippen molar-refractivity contribution < 1.29 is 0 Å². The average molecular weight is 308 g/mol. The van der Waals surface area contributed by atoms with E-state index in [-0.39, 0.29) is 0 Å². The van der Waals surface area contributed by atoms with E-state index in [0.717, 1.165) is 23.0 Å². The average Bonchev–Trinajstić information content (AvgIpc) is 2.61. The molecule has 2 aromatic heterocycles. The molecule has 0 amide bonds. The van der Waals surface area contributed by atoms with Crippen molar-refractivity contribution in [3.05, 3.63) is 66.5 Å². The SMILES string of the molecule is CSc1ccc(NCc2ccc(-c3cccnc3)cc2)nn1. The molecular weight excluding hydrogens is 292 g/mol. The molecule has 22 heavy (non-hydrogen) atoms. The molecule has 0 fully saturated rings. The third-order valence-electron chi connectivity index (χ3n) is 3.27. The second-order valence-electron chi connectivity index (χ2n) is 4.75. The number of thioether (sulfide) groups is 1. The lowest BCUT2D eigenvalue weighted by atomic mass is 10.1. The highest BCUT2D eigenvalue weighted by Gasteiger charge is 2.00. The third kappa shape index (κ3) is 3.62. The third-order valence-corrected chi connectivity index (χ3v) is 3.91. The van der Waals surface area contributed by atoms with E-state index >= 15 is 0 Å². The highest BCUT2D eigenvalue weighted by Crippen LogP contribution is 2.19. The zero-order chi connectivity index (χ0) is 15.2. The first-order valence-electron chi connectivity index (χ1n) is 6.96. The largest absolute Gasteiger partial charge is 0.365 e. The Morgan fingerprint density at radius 2 is 1.82 bits per heavy atom. The van der Waals surface area contributed by atoms with Crippen LogP contribution < -0.4 is 5.32 Å². The molecule has 0 atom stereocenters. The molecule has 3 rings (SSSR count). The Labute approximate surface area is 134 Å². The monoisotopic (exact) mass is 308 g/mol. The first kappa shape index (κ1) is 14.5. The lowest BCUT2D eigenvalue weighted by molar-refractivity contribution is 0.921. The van der Waals surface area contributed by atoms with E-state index < -0.39 is 0 Å². The van der Waals surface area contributed by atoms with Gasteiger partial charge in [0, 0.05) is 18.9 Å². The summed E-state index contributed by atoms with van der Waals surface area (Å²) < 4.78 is 0. The fourth-order valence-electron chi connectivity index (χ4n) is 2.06. The molecule has 0 aliphatic rings. The molecule has 3 aromatic rings. The van der Waals surface area contributed by atoms with E-state index in [1.165, 1.54) is 11.1 Å². The van der Waals surface area contributed by atoms with E-state index in [9.17, 15) is 0 Å². The highest BCUT2D eigenvalue weighted by atomic mass is 32.2. The zero-order valence-electron chi connectivity index (χ0n) is 12.2. The van der Waals surface area contributed by atoms with Gasteiger partial charge in [-0.15, -0.1) is 22.0 Å². The zero-order valence-corrected chi connectivity index (χ0v) is 13.0. The number of rotatable bonds is 5. The minimum Gasteiger partial charge on any atom is -0.365 e. The van der Waals surface area contributed by atoms with Gasteiger partial charge >= 0.3 is 0 Å². The summed E-state index contributed by atoms with van der Waals surface area (Å²) in [7, 11) is 0. The Bertz CT molecular complexity index is 712. The van der Waals surface area contributed by atoms with Gasteiger partial charge in [-0.3, -0.25) is 4.98 Å². The standard InChI is InChI=1S/C17H16N4S/c1-22-17-9-8-16(20-21-17)19-11-13-4-6-14(7-5-13)15-3-2-10-18-12-15/h2-10,12H,11H2,1H3,(H,19,20). The Balaban J connectivity index is 1.63. The number of benzene rings is 1. The van der Waals surface area contributed by atoms with Crippen LogP contribution in [0.25, 0.3) is 11.1 Å². The molecule has 110 valence electrons. The van der Waals surface area contributed by atoms with Gasteiger partial charge in [0.2, 0.25) is 0 Å². The molecule has 0 saturated carbocycles. The maximum absolute atomic E-state index is 4.14. The lowest BCUT2D eigenvalue weighted by Gasteiger charge is -2.07. The lowest BCUT2D eigenvalue weighted by Crippen LogP contribution is -2.02. The number of anilines is 1. The topological polar surface area (TPSA) is 50.7 Å². The van der Waals surface area contributed by atoms with Crippen molar-refractivity contribution in [3.8, 4) is 11.1 Å². The summed E-state index contributed by atoms with van der Waals surface area (Å²) in [5, 5.41) is 12.4. The molecule has 0 aliphatic heterocycles. The number of hydrogen-bond acceptors (Lipinski definition) is 5. The minimum atomic E-state index is 0.723. The predicted molar refractivity (Wildman–Crippen MR) is 90.8 cm³/mol. The van der Waals surface area contributed by atoms with Gasteiger partial charge in [-0.25, -0.2) is 0 Å². The summed E-state index contributed by atoms with van der Waals surface area (Å²) in [4.78, 5) is 4.14. The van der Waals surface area contributed by atoms with E-state index in [0.29, 0.717) is 0 Å². The fraction of sp³-hybridized carbons (Fsp3) is 0.118. The van der Waals surface area contributed by atoms with Crippen LogP contribution in [-0.4, -0.2) is 21.4 Å². The van der Waals surface area contributed by atoms with Crippen LogP contribution in [0.2, 0.25) is 0 Å². The number of nitrogens with zero attached hydrogens (tertiary/aromatic N) is 3. The van der Waals surface area contributed by atoms with Gasteiger partial charge in [-0.1, -0.05) is 30.3 Å². The van der Waals surface area contributed by atoms with Crippen LogP contribution in [-0.2, 0) is 6.54 Å². The summed E-state index contributed by atoms with van der Waals surface area (Å²) >= 11 is 1.58. The normalized spacial score (nSPS) is 10.4. The second kappa shape index (κ2) is 7.04. The van der Waals surface area contributed by atoms with Crippen molar-refractivity contribution in [3.63, 3.8) is 0 Å². The Morgan fingerprint density at radius 1 is 0.955 bits per heavy atom. The van der Waals surface area contributed by atoms with Crippen molar-refractivity contribution in [2.75, 3.05) is 11.6 Å². The Kier molecular flexibility index (Phi) is 4.65. The van der Waals surface area contributed by atoms with E-state index in [2.05, 4.69) is 50.8 Å². The van der Waals surface area contributed by atoms with Crippen LogP contribution in [0.5, 0.6) is 0 Å². The maximum Gasteiger partial charge on any atom is 0.148 e. The van der Waals surface area contributed by atoms with Crippen molar-refractivity contribution in [2.45, 2.75) is 11.6 Å². The summed E-state index contributed by atoms with van der Waals surface area (Å²) in [5.41, 5.74) is 3.49. The first-order chi connectivity index (χ1) is 10.8. The molecular formula is C17H16N4S. The molecule has 0 unspecified atom stereocenters. The number of aromatic nitrogens is 3. The van der Waals surface area contributed by atoms with E-state index in [1.54, 1.807) is 18.0 Å². The summed E-state index contributed by atoms with van der Waals surface area (Å²) in [6, 6.07) is 16.4. The molecule has 0 radical (unpaired) electrons. The van der Waals surface area contributed by atoms with Gasteiger partial charge in [0.25, 0.3) is 0 Å². The van der Waals surface area contributed by atoms with Crippen molar-refractivity contribution in [2.24, 2.45) is 0 Å². The molecule has 5 heteroatoms. The fourth-order valence-corrected chi connectivity index (χ4v) is 2.39. The van der Waals surface area contributed by atoms with Crippen LogP contribution in [0.1, 0.15) is 5.56 Å². The molecule has 0 spiro atoms. The molecule has 1 aromatic carbocycles. The van der Waals surface area contributed by atoms with Gasteiger partial charge in [-0.05, 0) is 41.1 Å². The smallest absolute Gasteiger partial charge is 0.148 e. The van der Waals surface area contributed by atoms with E-state index in [1.807, 2.05) is 30.7 Å². The van der Waals surface area contributed by atoms with Crippen molar-refractivity contribution >= 4 is 17.6 Å². The van der Waals surface area contributed by atoms with Crippen molar-refractivity contribution in [1.29, 1.82) is 0 Å². The first-order valence-corrected chi connectivity index (χ1v) is 8.18. The van der Waals surface area contributed by atoms with Gasteiger partial charge in [0.15, 0.2) is 0 Å². The molecule has 0 saturated heterocycles. The van der Waals surface area contributed by atoms with Gasteiger partial charge in [-0.2, -0.15) is 0 Å². The van der Waals surface area contributed by atoms with Gasteiger partial charge in [0.05, 0.1) is 0 Å². The summed E-state index contributed by atoms with van der Waals surface area (Å²) in [6.07, 6.45) is 5.64. The van der Waals surface area contributed by atoms with Gasteiger partial charge < -0.3 is 5.32 Å². The van der Waals surface area contributed by atoms with Crippen LogP contribution in [0.3, 0.4) is 0 Å². The van der Waals surface area contributed by atoms with Crippen molar-refractivity contribution in [1.82, 2.24) is 15.2 Å². The molecule has 4 nitrogen and oxygen atoms in total.